The van der Waals surface area contributed by atoms with E-state index in [2.05, 4.69) is 4.98 Å². The van der Waals surface area contributed by atoms with Crippen LogP contribution in [0.3, 0.4) is 0 Å². The Balaban J connectivity index is 1.79. The van der Waals surface area contributed by atoms with E-state index in [1.807, 2.05) is 38.2 Å². The average Bonchev–Trinajstić information content (AvgIpc) is 3.28. The first-order chi connectivity index (χ1) is 16.4. The summed E-state index contributed by atoms with van der Waals surface area (Å²) in [5.41, 5.74) is 2.39. The van der Waals surface area contributed by atoms with Crippen molar-refractivity contribution in [3.63, 3.8) is 0 Å². The number of aliphatic carboxylic acids is 1. The number of rotatable bonds is 5. The highest BCUT2D eigenvalue weighted by molar-refractivity contribution is 5.87. The zero-order chi connectivity index (χ0) is 24.0. The van der Waals surface area contributed by atoms with E-state index in [-0.39, 0.29) is 5.92 Å². The number of nitrogens with zero attached hydrogens (tertiary/aromatic N) is 2. The first-order valence-corrected chi connectivity index (χ1v) is 12.0. The fourth-order valence-electron chi connectivity index (χ4n) is 5.76. The molecule has 1 aliphatic rings. The molecule has 7 nitrogen and oxygen atoms in total. The number of aromatic nitrogens is 3. The van der Waals surface area contributed by atoms with E-state index in [1.165, 1.54) is 0 Å². The lowest BCUT2D eigenvalue weighted by molar-refractivity contribution is -0.143. The molecule has 0 saturated heterocycles. The van der Waals surface area contributed by atoms with Crippen molar-refractivity contribution < 1.29 is 9.90 Å². The molecule has 0 bridgehead atoms. The molecule has 2 N–H and O–H groups in total. The molecule has 1 saturated carbocycles. The number of nitrogens with one attached hydrogen (secondary N) is 1. The van der Waals surface area contributed by atoms with Gasteiger partial charge in [-0.2, -0.15) is 0 Å². The maximum absolute atomic E-state index is 14.0. The fraction of sp³-hybridized carbons (Fsp3) is 0.370. The first kappa shape index (κ1) is 22.2. The van der Waals surface area contributed by atoms with Gasteiger partial charge < -0.3 is 10.1 Å². The lowest BCUT2D eigenvalue weighted by Crippen LogP contribution is -2.47. The third-order valence-corrected chi connectivity index (χ3v) is 7.43. The van der Waals surface area contributed by atoms with Gasteiger partial charge in [0.1, 0.15) is 6.04 Å². The van der Waals surface area contributed by atoms with E-state index >= 15 is 0 Å². The molecule has 2 aromatic carbocycles. The summed E-state index contributed by atoms with van der Waals surface area (Å²) in [6.07, 6.45) is 6.18. The van der Waals surface area contributed by atoms with Gasteiger partial charge in [-0.15, -0.1) is 0 Å². The van der Waals surface area contributed by atoms with E-state index in [1.54, 1.807) is 28.8 Å². The molecule has 0 amide bonds. The molecule has 2 heterocycles. The number of para-hydroxylation sites is 1. The van der Waals surface area contributed by atoms with Gasteiger partial charge in [-0.1, -0.05) is 43.5 Å². The van der Waals surface area contributed by atoms with Crippen LogP contribution in [-0.4, -0.2) is 25.2 Å². The van der Waals surface area contributed by atoms with Gasteiger partial charge in [-0.05, 0) is 56.4 Å². The first-order valence-electron chi connectivity index (χ1n) is 12.0. The minimum Gasteiger partial charge on any atom is -0.480 e. The molecule has 4 aromatic rings. The summed E-state index contributed by atoms with van der Waals surface area (Å²) in [4.78, 5) is 43.3. The number of fused-ring (bicyclic) bond motifs is 2. The van der Waals surface area contributed by atoms with Crippen molar-refractivity contribution in [1.82, 2.24) is 14.1 Å². The number of aryl methyl sites for hydroxylation is 1. The Labute approximate surface area is 196 Å². The molecular formula is C27H29N3O4. The van der Waals surface area contributed by atoms with Crippen molar-refractivity contribution in [2.75, 3.05) is 0 Å². The van der Waals surface area contributed by atoms with Gasteiger partial charge in [0.25, 0.3) is 5.56 Å². The molecule has 0 spiro atoms. The van der Waals surface area contributed by atoms with Crippen LogP contribution in [0.2, 0.25) is 0 Å². The van der Waals surface area contributed by atoms with Crippen LogP contribution >= 0.6 is 0 Å². The van der Waals surface area contributed by atoms with Gasteiger partial charge in [-0.25, -0.2) is 14.2 Å². The molecule has 0 radical (unpaired) electrons. The second-order valence-corrected chi connectivity index (χ2v) is 9.44. The highest BCUT2D eigenvalue weighted by Gasteiger charge is 2.35. The Morgan fingerprint density at radius 2 is 1.76 bits per heavy atom. The molecule has 1 unspecified atom stereocenters. The van der Waals surface area contributed by atoms with Gasteiger partial charge in [0.15, 0.2) is 0 Å². The lowest BCUT2D eigenvalue weighted by Gasteiger charge is -2.29. The van der Waals surface area contributed by atoms with Gasteiger partial charge in [0.05, 0.1) is 16.9 Å². The number of H-pyrrole nitrogens is 1. The summed E-state index contributed by atoms with van der Waals surface area (Å²) in [7, 11) is 0. The Hall–Kier alpha value is -3.61. The number of benzene rings is 2. The minimum absolute atomic E-state index is 0.239. The summed E-state index contributed by atoms with van der Waals surface area (Å²) < 4.78 is 2.60. The van der Waals surface area contributed by atoms with Crippen LogP contribution in [0.25, 0.3) is 21.8 Å². The van der Waals surface area contributed by atoms with E-state index < -0.39 is 29.3 Å². The summed E-state index contributed by atoms with van der Waals surface area (Å²) >= 11 is 0. The molecular weight excluding hydrogens is 430 g/mol. The summed E-state index contributed by atoms with van der Waals surface area (Å²) in [5.74, 6) is -1.36. The second-order valence-electron chi connectivity index (χ2n) is 9.44. The number of carboxylic acid groups (broad SMARTS) is 1. The molecule has 34 heavy (non-hydrogen) atoms. The number of aromatic amines is 1. The van der Waals surface area contributed by atoms with Gasteiger partial charge in [0, 0.05) is 22.7 Å². The summed E-state index contributed by atoms with van der Waals surface area (Å²) in [6.45, 7) is 3.95. The Kier molecular flexibility index (Phi) is 5.63. The second kappa shape index (κ2) is 8.63. The van der Waals surface area contributed by atoms with Crippen LogP contribution in [-0.2, 0) is 4.79 Å². The zero-order valence-corrected chi connectivity index (χ0v) is 19.5. The van der Waals surface area contributed by atoms with Crippen LogP contribution in [0.5, 0.6) is 0 Å². The topological polar surface area (TPSA) is 97.1 Å². The van der Waals surface area contributed by atoms with Crippen LogP contribution in [0.15, 0.2) is 58.3 Å². The molecule has 7 heteroatoms. The third-order valence-electron chi connectivity index (χ3n) is 7.43. The molecule has 5 rings (SSSR count). The van der Waals surface area contributed by atoms with Crippen molar-refractivity contribution in [2.45, 2.75) is 58.0 Å². The molecule has 0 aliphatic heterocycles. The standard InChI is InChI=1S/C27H29N3O4/c1-16-9-8-13-21-23(16)20(15-28-21)17(2)29-22-14-7-6-12-19(22)25(31)30(27(29)34)24(26(32)33)18-10-4-3-5-11-18/h6-9,12-15,17-18,24,28H,3-5,10-11H2,1-2H3,(H,32,33)/t17?,24-/m1/s1. The zero-order valence-electron chi connectivity index (χ0n) is 19.5. The highest BCUT2D eigenvalue weighted by atomic mass is 16.4. The highest BCUT2D eigenvalue weighted by Crippen LogP contribution is 2.33. The molecule has 2 atom stereocenters. The smallest absolute Gasteiger partial charge is 0.332 e. The number of hydrogen-bond donors (Lipinski definition) is 2. The van der Waals surface area contributed by atoms with Crippen molar-refractivity contribution in [3.8, 4) is 0 Å². The molecule has 1 aliphatic carbocycles. The average molecular weight is 460 g/mol. The van der Waals surface area contributed by atoms with Crippen LogP contribution in [0.1, 0.15) is 62.2 Å². The normalized spacial score (nSPS) is 16.6. The van der Waals surface area contributed by atoms with Crippen molar-refractivity contribution >= 4 is 27.8 Å². The monoisotopic (exact) mass is 459 g/mol. The fourth-order valence-corrected chi connectivity index (χ4v) is 5.76. The van der Waals surface area contributed by atoms with E-state index in [0.29, 0.717) is 23.7 Å². The van der Waals surface area contributed by atoms with Crippen molar-refractivity contribution in [1.29, 1.82) is 0 Å². The van der Waals surface area contributed by atoms with Crippen molar-refractivity contribution in [2.24, 2.45) is 5.92 Å². The van der Waals surface area contributed by atoms with E-state index in [4.69, 9.17) is 0 Å². The Morgan fingerprint density at radius 3 is 2.50 bits per heavy atom. The third kappa shape index (κ3) is 3.47. The SMILES string of the molecule is Cc1cccc2[nH]cc(C(C)n3c(=O)n([C@@H](C(=O)O)C4CCCCC4)c(=O)c4ccccc43)c12. The predicted molar refractivity (Wildman–Crippen MR) is 133 cm³/mol. The summed E-state index contributed by atoms with van der Waals surface area (Å²) in [6, 6.07) is 11.4. The lowest BCUT2D eigenvalue weighted by atomic mass is 9.83. The maximum Gasteiger partial charge on any atom is 0.332 e. The van der Waals surface area contributed by atoms with Gasteiger partial charge in [-0.3, -0.25) is 9.36 Å². The number of carbonyl (C=O) groups is 1. The van der Waals surface area contributed by atoms with Crippen LogP contribution in [0.4, 0.5) is 0 Å². The van der Waals surface area contributed by atoms with E-state index in [0.717, 1.165) is 45.9 Å². The maximum atomic E-state index is 14.0. The van der Waals surface area contributed by atoms with Gasteiger partial charge in [0.2, 0.25) is 0 Å². The van der Waals surface area contributed by atoms with Crippen molar-refractivity contribution in [3.05, 3.63) is 80.6 Å². The van der Waals surface area contributed by atoms with Crippen LogP contribution in [0, 0.1) is 12.8 Å². The quantitative estimate of drug-likeness (QED) is 0.449. The predicted octanol–water partition coefficient (Wildman–Crippen LogP) is 4.77. The summed E-state index contributed by atoms with van der Waals surface area (Å²) in [5, 5.41) is 11.6. The number of carboxylic acids is 1. The number of hydrogen-bond acceptors (Lipinski definition) is 3. The van der Waals surface area contributed by atoms with Gasteiger partial charge >= 0.3 is 11.7 Å². The van der Waals surface area contributed by atoms with E-state index in [9.17, 15) is 19.5 Å². The molecule has 176 valence electrons. The molecule has 2 aromatic heterocycles. The van der Waals surface area contributed by atoms with Crippen LogP contribution < -0.4 is 11.2 Å². The largest absolute Gasteiger partial charge is 0.480 e. The Morgan fingerprint density at radius 1 is 1.03 bits per heavy atom. The minimum atomic E-state index is -1.17. The molecule has 1 fully saturated rings. The Bertz CT molecular complexity index is 1500.